The third kappa shape index (κ3) is 13.7. The molecule has 418 valence electrons. The SMILES string of the molecule is C/C=C1\C(O[C@@H]2O[C@H](CO)[C@@H](O)[C@H](O)[C@H]2O)OC=C(C(=O)OC)C1CC(=O)OC[C@H]1O[C@@H](OCCc2ccc(O)cc2)[C@H](OC(=O)CC2C(C(=O)OC)=COC(O[C@@H]3O[C@H](CO)[C@@H](O)[C@H](O)[C@H]3O)/C2=C\C)[C@@H](O)[C@@H]1O. The molecular weight excluding hydrogens is 1010 g/mol. The lowest BCUT2D eigenvalue weighted by Gasteiger charge is -2.42. The molecule has 0 amide bonds. The van der Waals surface area contributed by atoms with E-state index in [9.17, 15) is 75.3 Å². The molecule has 5 aliphatic heterocycles. The minimum absolute atomic E-state index is 0.00290. The van der Waals surface area contributed by atoms with Gasteiger partial charge in [0, 0.05) is 23.0 Å². The average molecular weight is 1070 g/mol. The van der Waals surface area contributed by atoms with Crippen LogP contribution in [-0.2, 0) is 82.4 Å². The number of carbonyl (C=O) groups excluding carboxylic acids is 4. The molecule has 27 heteroatoms. The van der Waals surface area contributed by atoms with Gasteiger partial charge < -0.3 is 113 Å². The van der Waals surface area contributed by atoms with E-state index in [0.29, 0.717) is 5.56 Å². The number of phenols is 1. The van der Waals surface area contributed by atoms with Crippen molar-refractivity contribution in [3.63, 3.8) is 0 Å². The number of hydrogen-bond donors (Lipinski definition) is 11. The number of hydrogen-bond acceptors (Lipinski definition) is 27. The van der Waals surface area contributed by atoms with E-state index < -0.39 is 173 Å². The number of phenolic OH excluding ortho intramolecular Hbond substituents is 1. The largest absolute Gasteiger partial charge is 0.508 e. The molecule has 0 aromatic heterocycles. The van der Waals surface area contributed by atoms with Crippen LogP contribution >= 0.6 is 0 Å². The number of aromatic hydroxyl groups is 1. The molecule has 19 atom stereocenters. The standard InChI is InChI=1S/C48H64O27/c1-5-22-24(26(42(62)64-3)17-68-44(22)74-46-39(60)36(57)33(54)28(15-49)70-46)13-31(52)67-19-30-35(56)38(59)41(48(72-30)66-12-11-20-7-9-21(51)10-8-20)73-32(53)14-25-23(6-2)45(69-18-27(25)43(63)65-4)75-47-40(61)37(58)34(55)29(16-50)71-47/h5-10,17-18,24-25,28-30,33-41,44-51,54-61H,11-16,19H2,1-4H3/b22-5-,23-6-/t24?,25?,28-,29-,30-,33-,34-,35-,36+,37+,38+,39-,40-,41-,44?,45?,46+,47+,48-/m1/s1. The maximum Gasteiger partial charge on any atom is 0.337 e. The number of carbonyl (C=O) groups is 4. The highest BCUT2D eigenvalue weighted by molar-refractivity contribution is 5.91. The van der Waals surface area contributed by atoms with Crippen LogP contribution in [0.1, 0.15) is 32.3 Å². The fourth-order valence-corrected chi connectivity index (χ4v) is 8.88. The molecule has 75 heavy (non-hydrogen) atoms. The van der Waals surface area contributed by atoms with Crippen LogP contribution in [-0.4, -0.2) is 225 Å². The number of methoxy groups -OCH3 is 2. The van der Waals surface area contributed by atoms with Gasteiger partial charge in [0.05, 0.1) is 70.6 Å². The van der Waals surface area contributed by atoms with Crippen molar-refractivity contribution in [1.29, 1.82) is 0 Å². The van der Waals surface area contributed by atoms with Gasteiger partial charge in [0.15, 0.2) is 25.0 Å². The fourth-order valence-electron chi connectivity index (χ4n) is 8.88. The van der Waals surface area contributed by atoms with Crippen LogP contribution < -0.4 is 0 Å². The summed E-state index contributed by atoms with van der Waals surface area (Å²) in [5, 5.41) is 114. The number of benzene rings is 1. The zero-order valence-electron chi connectivity index (χ0n) is 41.0. The van der Waals surface area contributed by atoms with Crippen LogP contribution in [0.25, 0.3) is 0 Å². The van der Waals surface area contributed by atoms with Crippen molar-refractivity contribution in [2.75, 3.05) is 40.6 Å². The van der Waals surface area contributed by atoms with Crippen LogP contribution in [0.15, 0.2) is 71.2 Å². The zero-order chi connectivity index (χ0) is 54.8. The van der Waals surface area contributed by atoms with Gasteiger partial charge in [-0.3, -0.25) is 9.59 Å². The molecule has 27 nitrogen and oxygen atoms in total. The normalized spacial score (nSPS) is 37.1. The molecule has 11 N–H and O–H groups in total. The monoisotopic (exact) mass is 1070 g/mol. The van der Waals surface area contributed by atoms with Gasteiger partial charge in [-0.15, -0.1) is 0 Å². The summed E-state index contributed by atoms with van der Waals surface area (Å²) in [4.78, 5) is 53.6. The molecular formula is C48H64O27. The van der Waals surface area contributed by atoms with E-state index >= 15 is 0 Å². The van der Waals surface area contributed by atoms with E-state index in [1.807, 2.05) is 0 Å². The zero-order valence-corrected chi connectivity index (χ0v) is 41.0. The first-order valence-electron chi connectivity index (χ1n) is 23.7. The highest BCUT2D eigenvalue weighted by Gasteiger charge is 2.51. The molecule has 5 aliphatic rings. The molecule has 1 aromatic carbocycles. The smallest absolute Gasteiger partial charge is 0.337 e. The number of allylic oxidation sites excluding steroid dienone is 2. The number of esters is 4. The highest BCUT2D eigenvalue weighted by Crippen LogP contribution is 2.39. The van der Waals surface area contributed by atoms with Crippen molar-refractivity contribution in [3.8, 4) is 5.75 Å². The van der Waals surface area contributed by atoms with Gasteiger partial charge in [-0.1, -0.05) is 24.3 Å². The van der Waals surface area contributed by atoms with E-state index in [4.69, 9.17) is 56.8 Å². The molecule has 3 saturated heterocycles. The van der Waals surface area contributed by atoms with E-state index in [1.165, 1.54) is 38.1 Å². The Labute approximate surface area is 428 Å². The van der Waals surface area contributed by atoms with Crippen molar-refractivity contribution < 1.29 is 132 Å². The highest BCUT2D eigenvalue weighted by atomic mass is 16.8. The number of aliphatic hydroxyl groups excluding tert-OH is 10. The quantitative estimate of drug-likeness (QED) is 0.0360. The Bertz CT molecular complexity index is 2230. The van der Waals surface area contributed by atoms with Crippen molar-refractivity contribution in [2.45, 2.75) is 138 Å². The number of aliphatic hydroxyl groups is 10. The maximum atomic E-state index is 14.0. The van der Waals surface area contributed by atoms with E-state index in [-0.39, 0.29) is 41.1 Å². The van der Waals surface area contributed by atoms with E-state index in [2.05, 4.69) is 0 Å². The van der Waals surface area contributed by atoms with Gasteiger partial charge >= 0.3 is 23.9 Å². The van der Waals surface area contributed by atoms with Gasteiger partial charge in [0.1, 0.15) is 79.5 Å². The summed E-state index contributed by atoms with van der Waals surface area (Å²) in [6.45, 7) is 0.552. The van der Waals surface area contributed by atoms with Gasteiger partial charge in [0.25, 0.3) is 0 Å². The molecule has 0 aliphatic carbocycles. The molecule has 6 rings (SSSR count). The Morgan fingerprint density at radius 2 is 1.04 bits per heavy atom. The number of rotatable bonds is 19. The lowest BCUT2D eigenvalue weighted by atomic mass is 9.86. The third-order valence-electron chi connectivity index (χ3n) is 13.1. The number of ether oxygens (including phenoxy) is 12. The second kappa shape index (κ2) is 26.7. The Morgan fingerprint density at radius 3 is 1.49 bits per heavy atom. The first kappa shape index (κ1) is 59.1. The first-order chi connectivity index (χ1) is 35.8. The summed E-state index contributed by atoms with van der Waals surface area (Å²) in [5.41, 5.74) is 0.466. The summed E-state index contributed by atoms with van der Waals surface area (Å²) in [6, 6.07) is 6.08. The summed E-state index contributed by atoms with van der Waals surface area (Å²) < 4.78 is 66.8. The second-order valence-electron chi connectivity index (χ2n) is 17.8. The van der Waals surface area contributed by atoms with Gasteiger partial charge in [-0.2, -0.15) is 0 Å². The molecule has 0 bridgehead atoms. The van der Waals surface area contributed by atoms with Gasteiger partial charge in [0.2, 0.25) is 12.6 Å². The lowest BCUT2D eigenvalue weighted by Crippen LogP contribution is -2.61. The fraction of sp³-hybridized carbons (Fsp3) is 0.625. The second-order valence-corrected chi connectivity index (χ2v) is 17.8. The Morgan fingerprint density at radius 1 is 0.587 bits per heavy atom. The minimum atomic E-state index is -2.00. The van der Waals surface area contributed by atoms with Crippen LogP contribution in [0.2, 0.25) is 0 Å². The van der Waals surface area contributed by atoms with Crippen molar-refractivity contribution in [3.05, 3.63) is 76.8 Å². The van der Waals surface area contributed by atoms with Crippen LogP contribution in [0.4, 0.5) is 0 Å². The summed E-state index contributed by atoms with van der Waals surface area (Å²) in [6.07, 6.45) is -25.2. The lowest BCUT2D eigenvalue weighted by molar-refractivity contribution is -0.327. The maximum absolute atomic E-state index is 14.0. The molecule has 5 heterocycles. The molecule has 0 spiro atoms. The van der Waals surface area contributed by atoms with Crippen molar-refractivity contribution in [2.24, 2.45) is 11.8 Å². The predicted molar refractivity (Wildman–Crippen MR) is 243 cm³/mol. The minimum Gasteiger partial charge on any atom is -0.508 e. The van der Waals surface area contributed by atoms with Gasteiger partial charge in [-0.05, 0) is 38.0 Å². The van der Waals surface area contributed by atoms with Crippen LogP contribution in [0.3, 0.4) is 0 Å². The van der Waals surface area contributed by atoms with Crippen LogP contribution in [0, 0.1) is 11.8 Å². The Balaban J connectivity index is 1.17. The topological polar surface area (TPSA) is 402 Å². The van der Waals surface area contributed by atoms with Gasteiger partial charge in [-0.25, -0.2) is 9.59 Å². The van der Waals surface area contributed by atoms with Crippen LogP contribution in [0.5, 0.6) is 5.75 Å². The van der Waals surface area contributed by atoms with Crippen molar-refractivity contribution in [1.82, 2.24) is 0 Å². The molecule has 4 unspecified atom stereocenters. The third-order valence-corrected chi connectivity index (χ3v) is 13.1. The Hall–Kier alpha value is -5.18. The predicted octanol–water partition coefficient (Wildman–Crippen LogP) is -3.78. The average Bonchev–Trinajstić information content (AvgIpc) is 3.40. The summed E-state index contributed by atoms with van der Waals surface area (Å²) >= 11 is 0. The van der Waals surface area contributed by atoms with E-state index in [0.717, 1.165) is 26.7 Å². The molecule has 3 fully saturated rings. The Kier molecular flexibility index (Phi) is 21.1. The summed E-state index contributed by atoms with van der Waals surface area (Å²) in [5.74, 6) is -6.43. The molecule has 0 saturated carbocycles. The molecule has 1 aromatic rings. The van der Waals surface area contributed by atoms with E-state index in [1.54, 1.807) is 12.1 Å². The first-order valence-corrected chi connectivity index (χ1v) is 23.7. The van der Waals surface area contributed by atoms with Crippen molar-refractivity contribution >= 4 is 23.9 Å². The molecule has 0 radical (unpaired) electrons. The summed E-state index contributed by atoms with van der Waals surface area (Å²) in [7, 11) is 2.14.